The normalized spacial score (nSPS) is 29.5. The number of nitrogens with one attached hydrogen (secondary N) is 1. The fraction of sp³-hybridized carbons (Fsp3) is 1.00. The van der Waals surface area contributed by atoms with Gasteiger partial charge >= 0.3 is 0 Å². The van der Waals surface area contributed by atoms with Gasteiger partial charge in [-0.1, -0.05) is 0 Å². The maximum absolute atomic E-state index is 11.3. The Kier molecular flexibility index (Phi) is 4.51. The van der Waals surface area contributed by atoms with Crippen LogP contribution in [-0.4, -0.2) is 56.9 Å². The minimum absolute atomic E-state index is 0.0195. The zero-order valence-electron chi connectivity index (χ0n) is 9.03. The van der Waals surface area contributed by atoms with Gasteiger partial charge in [-0.2, -0.15) is 0 Å². The highest BCUT2D eigenvalue weighted by atomic mass is 32.2. The molecule has 1 atom stereocenters. The number of hydrogen-bond donors (Lipinski definition) is 2. The molecule has 0 saturated carbocycles. The Hall–Kier alpha value is -0.170. The molecular weight excluding hydrogens is 218 g/mol. The van der Waals surface area contributed by atoms with E-state index in [1.165, 1.54) is 0 Å². The summed E-state index contributed by atoms with van der Waals surface area (Å²) in [5.41, 5.74) is -0.304. The predicted molar refractivity (Wildman–Crippen MR) is 57.6 cm³/mol. The van der Waals surface area contributed by atoms with E-state index in [1.807, 2.05) is 6.92 Å². The molecule has 0 aromatic carbocycles. The van der Waals surface area contributed by atoms with Crippen molar-refractivity contribution in [1.82, 2.24) is 5.32 Å². The summed E-state index contributed by atoms with van der Waals surface area (Å²) in [6.45, 7) is 3.38. The second kappa shape index (κ2) is 5.25. The summed E-state index contributed by atoms with van der Waals surface area (Å²) in [5, 5.41) is 11.7. The molecule has 0 radical (unpaired) electrons. The zero-order valence-corrected chi connectivity index (χ0v) is 9.85. The van der Waals surface area contributed by atoms with E-state index in [1.54, 1.807) is 0 Å². The SMILES string of the molecule is CC1(NCCOCCO)CCS(=O)(=O)C1. The van der Waals surface area contributed by atoms with Gasteiger partial charge in [-0.3, -0.25) is 0 Å². The van der Waals surface area contributed by atoms with Crippen molar-refractivity contribution in [2.24, 2.45) is 0 Å². The molecule has 1 saturated heterocycles. The monoisotopic (exact) mass is 237 g/mol. The smallest absolute Gasteiger partial charge is 0.152 e. The summed E-state index contributed by atoms with van der Waals surface area (Å²) in [4.78, 5) is 0. The molecule has 0 amide bonds. The van der Waals surface area contributed by atoms with Gasteiger partial charge in [-0.25, -0.2) is 8.42 Å². The van der Waals surface area contributed by atoms with E-state index in [0.717, 1.165) is 0 Å². The van der Waals surface area contributed by atoms with Crippen molar-refractivity contribution in [2.75, 3.05) is 37.9 Å². The van der Waals surface area contributed by atoms with Crippen LogP contribution in [0, 0.1) is 0 Å². The van der Waals surface area contributed by atoms with E-state index in [0.29, 0.717) is 26.2 Å². The molecule has 0 aromatic rings. The maximum atomic E-state index is 11.3. The maximum Gasteiger partial charge on any atom is 0.152 e. The van der Waals surface area contributed by atoms with Crippen LogP contribution in [-0.2, 0) is 14.6 Å². The molecule has 0 aliphatic carbocycles. The summed E-state index contributed by atoms with van der Waals surface area (Å²) in [6.07, 6.45) is 0.662. The minimum Gasteiger partial charge on any atom is -0.394 e. The topological polar surface area (TPSA) is 75.6 Å². The zero-order chi connectivity index (χ0) is 11.4. The number of aliphatic hydroxyl groups excluding tert-OH is 1. The number of hydrogen-bond acceptors (Lipinski definition) is 5. The number of aliphatic hydroxyl groups is 1. The lowest BCUT2D eigenvalue weighted by molar-refractivity contribution is 0.0906. The summed E-state index contributed by atoms with van der Waals surface area (Å²) in [7, 11) is -2.84. The molecule has 1 aliphatic heterocycles. The minimum atomic E-state index is -2.84. The van der Waals surface area contributed by atoms with Gasteiger partial charge in [0.05, 0.1) is 31.3 Å². The first-order chi connectivity index (χ1) is 6.97. The van der Waals surface area contributed by atoms with Crippen LogP contribution in [0.15, 0.2) is 0 Å². The van der Waals surface area contributed by atoms with Crippen molar-refractivity contribution in [3.63, 3.8) is 0 Å². The van der Waals surface area contributed by atoms with Crippen molar-refractivity contribution >= 4 is 9.84 Å². The summed E-state index contributed by atoms with van der Waals surface area (Å²) in [5.74, 6) is 0.480. The van der Waals surface area contributed by atoms with Crippen LogP contribution in [0.2, 0.25) is 0 Å². The van der Waals surface area contributed by atoms with E-state index in [9.17, 15) is 8.42 Å². The van der Waals surface area contributed by atoms with Crippen molar-refractivity contribution in [1.29, 1.82) is 0 Å². The Morgan fingerprint density at radius 2 is 2.20 bits per heavy atom. The van der Waals surface area contributed by atoms with Gasteiger partial charge in [0.2, 0.25) is 0 Å². The largest absolute Gasteiger partial charge is 0.394 e. The number of rotatable bonds is 6. The van der Waals surface area contributed by atoms with E-state index >= 15 is 0 Å². The third kappa shape index (κ3) is 4.46. The Bertz CT molecular complexity index is 290. The van der Waals surface area contributed by atoms with Crippen LogP contribution in [0.4, 0.5) is 0 Å². The Balaban J connectivity index is 2.21. The first kappa shape index (κ1) is 12.9. The van der Waals surface area contributed by atoms with Crippen molar-refractivity contribution < 1.29 is 18.3 Å². The fourth-order valence-corrected chi connectivity index (χ4v) is 3.86. The van der Waals surface area contributed by atoms with Crippen LogP contribution in [0.5, 0.6) is 0 Å². The lowest BCUT2D eigenvalue weighted by atomic mass is 10.0. The van der Waals surface area contributed by atoms with Crippen LogP contribution in [0.25, 0.3) is 0 Å². The van der Waals surface area contributed by atoms with Gasteiger partial charge in [0.25, 0.3) is 0 Å². The van der Waals surface area contributed by atoms with Gasteiger partial charge in [0, 0.05) is 12.1 Å². The standard InChI is InChI=1S/C9H19NO4S/c1-9(2-7-15(12,13)8-9)10-3-5-14-6-4-11/h10-11H,2-8H2,1H3. The van der Waals surface area contributed by atoms with Gasteiger partial charge in [-0.15, -0.1) is 0 Å². The average molecular weight is 237 g/mol. The van der Waals surface area contributed by atoms with E-state index < -0.39 is 9.84 Å². The van der Waals surface area contributed by atoms with Crippen LogP contribution in [0.3, 0.4) is 0 Å². The van der Waals surface area contributed by atoms with E-state index in [4.69, 9.17) is 9.84 Å². The third-order valence-corrected chi connectivity index (χ3v) is 4.44. The molecule has 0 aromatic heterocycles. The van der Waals surface area contributed by atoms with Gasteiger partial charge in [0.1, 0.15) is 0 Å². The molecule has 1 heterocycles. The quantitative estimate of drug-likeness (QED) is 0.589. The molecule has 90 valence electrons. The second-order valence-electron chi connectivity index (χ2n) is 4.17. The summed E-state index contributed by atoms with van der Waals surface area (Å²) < 4.78 is 27.6. The molecular formula is C9H19NO4S. The highest BCUT2D eigenvalue weighted by Gasteiger charge is 2.37. The lowest BCUT2D eigenvalue weighted by Crippen LogP contribution is -2.44. The van der Waals surface area contributed by atoms with Crippen LogP contribution >= 0.6 is 0 Å². The molecule has 0 spiro atoms. The Morgan fingerprint density at radius 1 is 1.47 bits per heavy atom. The molecule has 1 unspecified atom stereocenters. The molecule has 5 nitrogen and oxygen atoms in total. The highest BCUT2D eigenvalue weighted by molar-refractivity contribution is 7.91. The Morgan fingerprint density at radius 3 is 2.73 bits per heavy atom. The lowest BCUT2D eigenvalue weighted by Gasteiger charge is -2.23. The average Bonchev–Trinajstić information content (AvgIpc) is 2.41. The third-order valence-electron chi connectivity index (χ3n) is 2.54. The molecule has 2 N–H and O–H groups in total. The van der Waals surface area contributed by atoms with Gasteiger partial charge in [0.15, 0.2) is 9.84 Å². The highest BCUT2D eigenvalue weighted by Crippen LogP contribution is 2.22. The van der Waals surface area contributed by atoms with E-state index in [-0.39, 0.29) is 23.7 Å². The Labute approximate surface area is 90.7 Å². The van der Waals surface area contributed by atoms with Gasteiger partial charge in [-0.05, 0) is 13.3 Å². The van der Waals surface area contributed by atoms with Crippen LogP contribution in [0.1, 0.15) is 13.3 Å². The first-order valence-electron chi connectivity index (χ1n) is 5.11. The molecule has 1 aliphatic rings. The molecule has 1 rings (SSSR count). The number of sulfone groups is 1. The van der Waals surface area contributed by atoms with Crippen LogP contribution < -0.4 is 5.32 Å². The molecule has 1 fully saturated rings. The summed E-state index contributed by atoms with van der Waals surface area (Å²) in [6, 6.07) is 0. The van der Waals surface area contributed by atoms with Crippen molar-refractivity contribution in [3.05, 3.63) is 0 Å². The first-order valence-corrected chi connectivity index (χ1v) is 6.94. The molecule has 15 heavy (non-hydrogen) atoms. The molecule has 6 heteroatoms. The van der Waals surface area contributed by atoms with Crippen molar-refractivity contribution in [3.8, 4) is 0 Å². The second-order valence-corrected chi connectivity index (χ2v) is 6.35. The predicted octanol–water partition coefficient (Wildman–Crippen LogP) is -0.838. The van der Waals surface area contributed by atoms with Crippen molar-refractivity contribution in [2.45, 2.75) is 18.9 Å². The van der Waals surface area contributed by atoms with Gasteiger partial charge < -0.3 is 15.2 Å². The fourth-order valence-electron chi connectivity index (χ4n) is 1.74. The number of ether oxygens (including phenoxy) is 1. The van der Waals surface area contributed by atoms with E-state index in [2.05, 4.69) is 5.32 Å². The molecule has 0 bridgehead atoms. The summed E-state index contributed by atoms with van der Waals surface area (Å²) >= 11 is 0.